The maximum Gasteiger partial charge on any atom is 0.155 e. The number of aliphatic hydroxyl groups excluding tert-OH is 1. The molecule has 3 heterocycles. The van der Waals surface area contributed by atoms with E-state index in [9.17, 15) is 4.79 Å². The molecular weight excluding hydrogens is 599 g/mol. The molecule has 0 aliphatic carbocycles. The molecule has 0 amide bonds. The minimum Gasteiger partial charge on any atom is -0.512 e. The van der Waals surface area contributed by atoms with Crippen LogP contribution in [0.2, 0.25) is 0 Å². The second-order valence-corrected chi connectivity index (χ2v) is 8.44. The van der Waals surface area contributed by atoms with E-state index in [1.54, 1.807) is 11.3 Å². The van der Waals surface area contributed by atoms with Gasteiger partial charge >= 0.3 is 0 Å². The number of aliphatic hydroxyl groups is 1. The molecule has 0 aliphatic heterocycles. The molecule has 32 heavy (non-hydrogen) atoms. The summed E-state index contributed by atoms with van der Waals surface area (Å²) in [5.74, 6) is -0.0625. The van der Waals surface area contributed by atoms with Crippen LogP contribution in [-0.2, 0) is 24.9 Å². The van der Waals surface area contributed by atoms with E-state index in [2.05, 4.69) is 42.5 Å². The van der Waals surface area contributed by atoms with E-state index in [0.29, 0.717) is 0 Å². The van der Waals surface area contributed by atoms with Crippen molar-refractivity contribution in [3.63, 3.8) is 0 Å². The van der Waals surface area contributed by atoms with Crippen LogP contribution in [-0.4, -0.2) is 15.9 Å². The minimum absolute atomic E-state index is 0. The van der Waals surface area contributed by atoms with Gasteiger partial charge in [0.15, 0.2) is 5.78 Å². The monoisotopic (exact) mass is 617 g/mol. The van der Waals surface area contributed by atoms with Gasteiger partial charge in [-0.1, -0.05) is 35.0 Å². The molecule has 1 N–H and O–H groups in total. The predicted molar refractivity (Wildman–Crippen MR) is 128 cm³/mol. The van der Waals surface area contributed by atoms with Crippen LogP contribution in [0.15, 0.2) is 77.0 Å². The van der Waals surface area contributed by atoms with E-state index in [4.69, 9.17) is 14.5 Å². The molecule has 6 aromatic rings. The van der Waals surface area contributed by atoms with Gasteiger partial charge < -0.3 is 9.52 Å². The normalized spacial score (nSPS) is 11.6. The van der Waals surface area contributed by atoms with Crippen molar-refractivity contribution in [2.24, 2.45) is 0 Å². The number of ketones is 1. The Labute approximate surface area is 201 Å². The van der Waals surface area contributed by atoms with Gasteiger partial charge in [-0.05, 0) is 36.7 Å². The Morgan fingerprint density at radius 2 is 1.81 bits per heavy atom. The summed E-state index contributed by atoms with van der Waals surface area (Å²) in [7, 11) is 0. The number of benzene rings is 3. The summed E-state index contributed by atoms with van der Waals surface area (Å²) in [6, 6.07) is 22.4. The van der Waals surface area contributed by atoms with E-state index < -0.39 is 0 Å². The summed E-state index contributed by atoms with van der Waals surface area (Å²) in [6.07, 6.45) is 2.99. The van der Waals surface area contributed by atoms with Crippen molar-refractivity contribution >= 4 is 70.1 Å². The Kier molecular flexibility index (Phi) is 6.11. The van der Waals surface area contributed by atoms with E-state index in [-0.39, 0.29) is 31.6 Å². The summed E-state index contributed by atoms with van der Waals surface area (Å²) < 4.78 is 8.45. The largest absolute Gasteiger partial charge is 0.512 e. The molecule has 3 aromatic heterocycles. The van der Waals surface area contributed by atoms with Crippen LogP contribution in [0.3, 0.4) is 0 Å². The molecule has 0 saturated carbocycles. The maximum absolute atomic E-state index is 10.0. The van der Waals surface area contributed by atoms with Crippen LogP contribution >= 0.6 is 11.3 Å². The van der Waals surface area contributed by atoms with Gasteiger partial charge in [0.05, 0.1) is 5.76 Å². The Morgan fingerprint density at radius 3 is 2.56 bits per heavy atom. The number of hydrogen-bond donors (Lipinski definition) is 1. The number of furan rings is 1. The van der Waals surface area contributed by atoms with Crippen molar-refractivity contribution in [1.82, 2.24) is 4.98 Å². The first-order valence-electron chi connectivity index (χ1n) is 9.82. The third-order valence-corrected chi connectivity index (χ3v) is 6.09. The quantitative estimate of drug-likeness (QED) is 0.119. The topological polar surface area (TPSA) is 63.3 Å². The standard InChI is InChI=1S/C21H10NOS.C5H8O2.Ir/c1-2-5-13-11-18-14(10-12(13)4-1)21-20-16(8-9-22-21)23-15-6-3-7-17(24-18)19(15)20;1-4(6)3-5(2)7;/h1-9,11H;3,6H,1-2H3;/q-1;;/b;4-3-;. The second kappa shape index (κ2) is 8.83. The Balaban J connectivity index is 0.000000271. The fraction of sp³-hybridized carbons (Fsp3) is 0.0769. The molecule has 0 unspecified atom stereocenters. The molecule has 0 spiro atoms. The fourth-order valence-corrected chi connectivity index (χ4v) is 4.95. The van der Waals surface area contributed by atoms with Crippen LogP contribution in [0.1, 0.15) is 13.8 Å². The first kappa shape index (κ1) is 22.2. The SMILES string of the molecule is CC(=O)/C=C(/C)O.[Ir].[c-]1c2ccccc2cc2sc3cccc4oc5ccnc(c12)c5c43. The first-order chi connectivity index (χ1) is 15.0. The average molecular weight is 617 g/mol. The molecule has 6 heteroatoms. The third-order valence-electron chi connectivity index (χ3n) is 4.99. The summed E-state index contributed by atoms with van der Waals surface area (Å²) >= 11 is 1.77. The molecule has 0 saturated heterocycles. The summed E-state index contributed by atoms with van der Waals surface area (Å²) in [6.45, 7) is 2.85. The van der Waals surface area contributed by atoms with E-state index in [1.165, 1.54) is 34.7 Å². The van der Waals surface area contributed by atoms with Crippen molar-refractivity contribution in [1.29, 1.82) is 0 Å². The molecule has 161 valence electrons. The number of fused-ring (bicyclic) bond motifs is 3. The van der Waals surface area contributed by atoms with Crippen molar-refractivity contribution < 1.29 is 34.4 Å². The van der Waals surface area contributed by atoms with Crippen molar-refractivity contribution in [3.8, 4) is 0 Å². The molecular formula is C26H18IrNO3S-. The van der Waals surface area contributed by atoms with Gasteiger partial charge in [0.2, 0.25) is 0 Å². The van der Waals surface area contributed by atoms with Gasteiger partial charge in [-0.25, -0.2) is 0 Å². The van der Waals surface area contributed by atoms with Gasteiger partial charge in [-0.15, -0.1) is 23.6 Å². The van der Waals surface area contributed by atoms with Gasteiger partial charge in [-0.3, -0.25) is 9.78 Å². The Bertz CT molecular complexity index is 1640. The molecule has 0 bridgehead atoms. The molecule has 0 fully saturated rings. The third kappa shape index (κ3) is 3.93. The van der Waals surface area contributed by atoms with Gasteiger partial charge in [0.1, 0.15) is 11.2 Å². The number of aromatic nitrogens is 1. The van der Waals surface area contributed by atoms with E-state index in [0.717, 1.165) is 38.2 Å². The zero-order valence-electron chi connectivity index (χ0n) is 17.3. The average Bonchev–Trinajstić information content (AvgIpc) is 3.05. The van der Waals surface area contributed by atoms with E-state index >= 15 is 0 Å². The van der Waals surface area contributed by atoms with Crippen LogP contribution in [0.4, 0.5) is 0 Å². The number of carbonyl (C=O) groups is 1. The number of pyridine rings is 1. The zero-order valence-corrected chi connectivity index (χ0v) is 20.5. The molecule has 0 atom stereocenters. The number of hydrogen-bond acceptors (Lipinski definition) is 5. The predicted octanol–water partition coefficient (Wildman–Crippen LogP) is 7.34. The number of nitrogens with zero attached hydrogens (tertiary/aromatic N) is 1. The molecule has 6 rings (SSSR count). The van der Waals surface area contributed by atoms with Crippen LogP contribution < -0.4 is 0 Å². The van der Waals surface area contributed by atoms with Crippen LogP contribution in [0.5, 0.6) is 0 Å². The van der Waals surface area contributed by atoms with Gasteiger partial charge in [0.25, 0.3) is 0 Å². The Morgan fingerprint density at radius 1 is 1.03 bits per heavy atom. The summed E-state index contributed by atoms with van der Waals surface area (Å²) in [4.78, 5) is 14.7. The van der Waals surface area contributed by atoms with Crippen molar-refractivity contribution in [2.75, 3.05) is 0 Å². The summed E-state index contributed by atoms with van der Waals surface area (Å²) in [5.41, 5.74) is 2.77. The second-order valence-electron chi connectivity index (χ2n) is 7.36. The molecule has 0 aliphatic rings. The smallest absolute Gasteiger partial charge is 0.155 e. The number of rotatable bonds is 1. The number of carbonyl (C=O) groups excluding carboxylic acids is 1. The van der Waals surface area contributed by atoms with Crippen molar-refractivity contribution in [2.45, 2.75) is 13.8 Å². The van der Waals surface area contributed by atoms with Gasteiger partial charge in [0, 0.05) is 53.4 Å². The molecule has 1 radical (unpaired) electrons. The summed E-state index contributed by atoms with van der Waals surface area (Å²) in [5, 5.41) is 14.0. The zero-order chi connectivity index (χ0) is 21.5. The van der Waals surface area contributed by atoms with Crippen LogP contribution in [0.25, 0.3) is 53.0 Å². The first-order valence-corrected chi connectivity index (χ1v) is 10.6. The van der Waals surface area contributed by atoms with E-state index in [1.807, 2.05) is 24.4 Å². The minimum atomic E-state index is -0.125. The van der Waals surface area contributed by atoms with Gasteiger partial charge in [-0.2, -0.15) is 11.3 Å². The maximum atomic E-state index is 10.0. The Hall–Kier alpha value is -3.05. The number of allylic oxidation sites excluding steroid dienone is 2. The van der Waals surface area contributed by atoms with Crippen LogP contribution in [0, 0.1) is 6.07 Å². The van der Waals surface area contributed by atoms with Crippen molar-refractivity contribution in [3.05, 3.63) is 78.7 Å². The molecule has 3 aromatic carbocycles. The fourth-order valence-electron chi connectivity index (χ4n) is 3.82. The molecule has 4 nitrogen and oxygen atoms in total.